The van der Waals surface area contributed by atoms with Crippen molar-refractivity contribution in [1.29, 1.82) is 0 Å². The Morgan fingerprint density at radius 1 is 1.39 bits per heavy atom. The van der Waals surface area contributed by atoms with Crippen molar-refractivity contribution >= 4 is 5.69 Å². The molecular weight excluding hydrogens is 236 g/mol. The van der Waals surface area contributed by atoms with E-state index < -0.39 is 11.0 Å². The molecule has 0 spiro atoms. The monoisotopic (exact) mass is 254 g/mol. The number of nitrogens with zero attached hydrogens (tertiary/aromatic N) is 2. The number of nitro groups is 1. The molecular formula is C12H18N2O4. The van der Waals surface area contributed by atoms with E-state index >= 15 is 0 Å². The van der Waals surface area contributed by atoms with E-state index in [-0.39, 0.29) is 12.3 Å². The van der Waals surface area contributed by atoms with Gasteiger partial charge in [-0.2, -0.15) is 0 Å². The molecule has 1 unspecified atom stereocenters. The third-order valence-corrected chi connectivity index (χ3v) is 2.78. The number of aliphatic hydroxyl groups is 2. The van der Waals surface area contributed by atoms with E-state index in [1.807, 2.05) is 11.8 Å². The number of hydrogen-bond donors (Lipinski definition) is 2. The number of rotatable bonds is 7. The van der Waals surface area contributed by atoms with Crippen LogP contribution in [0, 0.1) is 10.1 Å². The van der Waals surface area contributed by atoms with Gasteiger partial charge in [0.15, 0.2) is 0 Å². The number of nitro benzene ring substituents is 1. The molecule has 1 aromatic rings. The Hall–Kier alpha value is -1.50. The minimum atomic E-state index is -0.711. The molecule has 0 aliphatic carbocycles. The zero-order chi connectivity index (χ0) is 13.5. The zero-order valence-electron chi connectivity index (χ0n) is 10.3. The van der Waals surface area contributed by atoms with E-state index in [2.05, 4.69) is 0 Å². The fourth-order valence-electron chi connectivity index (χ4n) is 1.69. The first kappa shape index (κ1) is 14.6. The van der Waals surface area contributed by atoms with Crippen molar-refractivity contribution < 1.29 is 15.1 Å². The highest BCUT2D eigenvalue weighted by molar-refractivity contribution is 5.33. The highest BCUT2D eigenvalue weighted by Crippen LogP contribution is 2.18. The Morgan fingerprint density at radius 3 is 2.44 bits per heavy atom. The first-order valence-corrected chi connectivity index (χ1v) is 5.84. The van der Waals surface area contributed by atoms with E-state index in [4.69, 9.17) is 5.11 Å². The maximum Gasteiger partial charge on any atom is 0.269 e. The molecule has 1 aromatic carbocycles. The molecule has 6 heteroatoms. The summed E-state index contributed by atoms with van der Waals surface area (Å²) in [6.45, 7) is 3.61. The van der Waals surface area contributed by atoms with Crippen LogP contribution in [0.25, 0.3) is 0 Å². The molecule has 1 atom stereocenters. The second-order valence-corrected chi connectivity index (χ2v) is 3.98. The van der Waals surface area contributed by atoms with Crippen molar-refractivity contribution in [3.8, 4) is 0 Å². The van der Waals surface area contributed by atoms with Crippen molar-refractivity contribution in [3.63, 3.8) is 0 Å². The summed E-state index contributed by atoms with van der Waals surface area (Å²) in [5.41, 5.74) is 0.644. The molecule has 0 aliphatic rings. The van der Waals surface area contributed by atoms with Crippen LogP contribution < -0.4 is 0 Å². The van der Waals surface area contributed by atoms with Crippen molar-refractivity contribution in [1.82, 2.24) is 4.90 Å². The summed E-state index contributed by atoms with van der Waals surface area (Å²) in [6, 6.07) is 5.85. The van der Waals surface area contributed by atoms with E-state index in [1.54, 1.807) is 12.1 Å². The second kappa shape index (κ2) is 7.05. The summed E-state index contributed by atoms with van der Waals surface area (Å²) < 4.78 is 0. The Balaban J connectivity index is 2.65. The Labute approximate surface area is 106 Å². The van der Waals surface area contributed by atoms with E-state index in [1.165, 1.54) is 12.1 Å². The summed E-state index contributed by atoms with van der Waals surface area (Å²) in [4.78, 5) is 11.9. The van der Waals surface area contributed by atoms with Gasteiger partial charge in [0.05, 0.1) is 17.6 Å². The molecule has 0 aliphatic heterocycles. The number of likely N-dealkylation sites (N-methyl/N-ethyl adjacent to an activating group) is 1. The smallest absolute Gasteiger partial charge is 0.269 e. The summed E-state index contributed by atoms with van der Waals surface area (Å²) in [5, 5.41) is 29.3. The van der Waals surface area contributed by atoms with Gasteiger partial charge in [-0.1, -0.05) is 6.92 Å². The molecule has 2 N–H and O–H groups in total. The van der Waals surface area contributed by atoms with Gasteiger partial charge in [-0.3, -0.25) is 15.0 Å². The van der Waals surface area contributed by atoms with Gasteiger partial charge in [-0.15, -0.1) is 0 Å². The highest BCUT2D eigenvalue weighted by atomic mass is 16.6. The summed E-state index contributed by atoms with van der Waals surface area (Å²) in [6.07, 6.45) is -0.711. The van der Waals surface area contributed by atoms with Crippen LogP contribution in [0.4, 0.5) is 5.69 Å². The lowest BCUT2D eigenvalue weighted by molar-refractivity contribution is -0.384. The van der Waals surface area contributed by atoms with Gasteiger partial charge in [0.1, 0.15) is 0 Å². The molecule has 0 heterocycles. The topological polar surface area (TPSA) is 86.8 Å². The summed E-state index contributed by atoms with van der Waals surface area (Å²) in [7, 11) is 0. The lowest BCUT2D eigenvalue weighted by atomic mass is 10.1. The van der Waals surface area contributed by atoms with Crippen molar-refractivity contribution in [2.24, 2.45) is 0 Å². The van der Waals surface area contributed by atoms with Crippen LogP contribution in [0.15, 0.2) is 24.3 Å². The Morgan fingerprint density at radius 2 is 2.00 bits per heavy atom. The van der Waals surface area contributed by atoms with Gasteiger partial charge < -0.3 is 10.2 Å². The fourth-order valence-corrected chi connectivity index (χ4v) is 1.69. The van der Waals surface area contributed by atoms with Gasteiger partial charge >= 0.3 is 0 Å². The quantitative estimate of drug-likeness (QED) is 0.558. The van der Waals surface area contributed by atoms with Crippen LogP contribution >= 0.6 is 0 Å². The molecule has 6 nitrogen and oxygen atoms in total. The molecule has 0 bridgehead atoms. The summed E-state index contributed by atoms with van der Waals surface area (Å²) in [5.74, 6) is 0. The van der Waals surface area contributed by atoms with E-state index in [0.29, 0.717) is 18.7 Å². The molecule has 1 rings (SSSR count). The average Bonchev–Trinajstić information content (AvgIpc) is 2.38. The predicted molar refractivity (Wildman–Crippen MR) is 67.3 cm³/mol. The van der Waals surface area contributed by atoms with Gasteiger partial charge in [0.2, 0.25) is 0 Å². The molecule has 100 valence electrons. The normalized spacial score (nSPS) is 12.7. The molecule has 18 heavy (non-hydrogen) atoms. The largest absolute Gasteiger partial charge is 0.395 e. The molecule has 0 saturated carbocycles. The van der Waals surface area contributed by atoms with Crippen LogP contribution in [0.5, 0.6) is 0 Å². The zero-order valence-corrected chi connectivity index (χ0v) is 10.3. The molecule has 0 aromatic heterocycles. The van der Waals surface area contributed by atoms with Crippen LogP contribution in [0.3, 0.4) is 0 Å². The maximum atomic E-state index is 10.5. The number of non-ortho nitro benzene ring substituents is 1. The first-order chi connectivity index (χ1) is 8.58. The van der Waals surface area contributed by atoms with Crippen LogP contribution in [-0.2, 0) is 0 Å². The van der Waals surface area contributed by atoms with E-state index in [9.17, 15) is 15.2 Å². The standard InChI is InChI=1S/C12H18N2O4/c1-2-13(7-8-15)9-12(16)10-3-5-11(6-4-10)14(17)18/h3-6,12,15-16H,2,7-9H2,1H3. The fraction of sp³-hybridized carbons (Fsp3) is 0.500. The number of aliphatic hydroxyl groups excluding tert-OH is 2. The Bertz CT molecular complexity index is 380. The highest BCUT2D eigenvalue weighted by Gasteiger charge is 2.13. The van der Waals surface area contributed by atoms with Gasteiger partial charge in [-0.25, -0.2) is 0 Å². The average molecular weight is 254 g/mol. The third-order valence-electron chi connectivity index (χ3n) is 2.78. The maximum absolute atomic E-state index is 10.5. The predicted octanol–water partition coefficient (Wildman–Crippen LogP) is 0.942. The molecule has 0 amide bonds. The third kappa shape index (κ3) is 4.06. The molecule has 0 fully saturated rings. The Kier molecular flexibility index (Phi) is 5.70. The van der Waals surface area contributed by atoms with Crippen molar-refractivity contribution in [2.75, 3.05) is 26.2 Å². The van der Waals surface area contributed by atoms with Crippen LogP contribution in [-0.4, -0.2) is 46.3 Å². The molecule has 0 saturated heterocycles. The lowest BCUT2D eigenvalue weighted by Crippen LogP contribution is -2.31. The van der Waals surface area contributed by atoms with Crippen molar-refractivity contribution in [3.05, 3.63) is 39.9 Å². The number of benzene rings is 1. The second-order valence-electron chi connectivity index (χ2n) is 3.98. The minimum Gasteiger partial charge on any atom is -0.395 e. The van der Waals surface area contributed by atoms with Gasteiger partial charge in [0.25, 0.3) is 5.69 Å². The lowest BCUT2D eigenvalue weighted by Gasteiger charge is -2.22. The molecule has 0 radical (unpaired) electrons. The van der Waals surface area contributed by atoms with Crippen LogP contribution in [0.2, 0.25) is 0 Å². The SMILES string of the molecule is CCN(CCO)CC(O)c1ccc([N+](=O)[O-])cc1. The first-order valence-electron chi connectivity index (χ1n) is 5.84. The van der Waals surface area contributed by atoms with Crippen molar-refractivity contribution in [2.45, 2.75) is 13.0 Å². The number of hydrogen-bond acceptors (Lipinski definition) is 5. The summed E-state index contributed by atoms with van der Waals surface area (Å²) >= 11 is 0. The van der Waals surface area contributed by atoms with E-state index in [0.717, 1.165) is 6.54 Å². The van der Waals surface area contributed by atoms with Crippen LogP contribution in [0.1, 0.15) is 18.6 Å². The van der Waals surface area contributed by atoms with Gasteiger partial charge in [-0.05, 0) is 24.2 Å². The van der Waals surface area contributed by atoms with Gasteiger partial charge in [0, 0.05) is 25.2 Å². The minimum absolute atomic E-state index is 0.00801.